The molecule has 0 fully saturated rings. The molecule has 0 bridgehead atoms. The minimum Gasteiger partial charge on any atom is -0.299 e. The molecule has 0 aliphatic rings. The van der Waals surface area contributed by atoms with E-state index in [4.69, 9.17) is 0 Å². The second-order valence-electron chi connectivity index (χ2n) is 2.57. The monoisotopic (exact) mass is 279 g/mol. The summed E-state index contributed by atoms with van der Waals surface area (Å²) in [5.41, 5.74) is 0. The van der Waals surface area contributed by atoms with Gasteiger partial charge in [-0.15, -0.1) is 0 Å². The van der Waals surface area contributed by atoms with Gasteiger partial charge in [0, 0.05) is 11.0 Å². The Hall–Kier alpha value is -0.430. The van der Waals surface area contributed by atoms with Crippen molar-refractivity contribution in [1.82, 2.24) is 4.47 Å². The van der Waals surface area contributed by atoms with Crippen molar-refractivity contribution in [3.63, 3.8) is 0 Å². The smallest absolute Gasteiger partial charge is 0.265 e. The predicted octanol–water partition coefficient (Wildman–Crippen LogP) is 1.85. The van der Waals surface area contributed by atoms with Crippen molar-refractivity contribution in [2.45, 2.75) is 11.8 Å². The molecule has 1 N–H and O–H groups in total. The topological polar surface area (TPSA) is 57.6 Å². The maximum atomic E-state index is 11.6. The van der Waals surface area contributed by atoms with Crippen molar-refractivity contribution in [2.24, 2.45) is 0 Å². The first-order valence-corrected chi connectivity index (χ1v) is 6.19. The third-order valence-corrected chi connectivity index (χ3v) is 4.34. The minimum atomic E-state index is -3.78. The molecule has 6 heteroatoms. The van der Waals surface area contributed by atoms with Gasteiger partial charge in [-0.05, 0) is 35.0 Å². The summed E-state index contributed by atoms with van der Waals surface area (Å²) in [5, 5.41) is 9.19. The van der Waals surface area contributed by atoms with Crippen LogP contribution in [0.25, 0.3) is 0 Å². The normalized spacial score (nSPS) is 12.0. The van der Waals surface area contributed by atoms with E-state index >= 15 is 0 Å². The van der Waals surface area contributed by atoms with E-state index in [-0.39, 0.29) is 11.4 Å². The highest BCUT2D eigenvalue weighted by atomic mass is 79.9. The average Bonchev–Trinajstić information content (AvgIpc) is 2.17. The van der Waals surface area contributed by atoms with E-state index in [0.29, 0.717) is 8.94 Å². The van der Waals surface area contributed by atoms with Gasteiger partial charge >= 0.3 is 0 Å². The van der Waals surface area contributed by atoms with Crippen LogP contribution in [0.5, 0.6) is 0 Å². The first kappa shape index (κ1) is 11.6. The maximum absolute atomic E-state index is 11.6. The summed E-state index contributed by atoms with van der Waals surface area (Å²) in [6, 6.07) is 6.34. The van der Waals surface area contributed by atoms with Crippen molar-refractivity contribution in [2.75, 3.05) is 6.54 Å². The Labute approximate surface area is 91.3 Å². The first-order chi connectivity index (χ1) is 6.50. The Kier molecular flexibility index (Phi) is 3.65. The first-order valence-electron chi connectivity index (χ1n) is 3.96. The van der Waals surface area contributed by atoms with Crippen LogP contribution in [-0.4, -0.2) is 24.6 Å². The second-order valence-corrected chi connectivity index (χ2v) is 5.24. The molecule has 4 nitrogen and oxygen atoms in total. The zero-order valence-electron chi connectivity index (χ0n) is 7.51. The molecule has 1 aromatic carbocycles. The molecule has 0 amide bonds. The van der Waals surface area contributed by atoms with Crippen molar-refractivity contribution in [3.05, 3.63) is 28.7 Å². The van der Waals surface area contributed by atoms with Crippen LogP contribution >= 0.6 is 15.9 Å². The summed E-state index contributed by atoms with van der Waals surface area (Å²) < 4.78 is 24.0. The van der Waals surface area contributed by atoms with Crippen LogP contribution in [0.3, 0.4) is 0 Å². The van der Waals surface area contributed by atoms with Crippen LogP contribution in [0.15, 0.2) is 33.6 Å². The van der Waals surface area contributed by atoms with E-state index in [1.54, 1.807) is 25.1 Å². The summed E-state index contributed by atoms with van der Waals surface area (Å²) in [7, 11) is -3.78. The van der Waals surface area contributed by atoms with Gasteiger partial charge in [0.2, 0.25) is 0 Å². The fourth-order valence-electron chi connectivity index (χ4n) is 0.937. The summed E-state index contributed by atoms with van der Waals surface area (Å²) in [5.74, 6) is 0. The van der Waals surface area contributed by atoms with Gasteiger partial charge in [0.25, 0.3) is 10.0 Å². The Morgan fingerprint density at radius 3 is 2.50 bits per heavy atom. The zero-order chi connectivity index (χ0) is 10.8. The van der Waals surface area contributed by atoms with Gasteiger partial charge in [-0.1, -0.05) is 16.6 Å². The third kappa shape index (κ3) is 2.14. The molecule has 0 heterocycles. The van der Waals surface area contributed by atoms with E-state index in [0.717, 1.165) is 0 Å². The van der Waals surface area contributed by atoms with Crippen molar-refractivity contribution in [3.8, 4) is 0 Å². The number of halogens is 1. The molecule has 78 valence electrons. The second kappa shape index (κ2) is 4.39. The molecule has 0 unspecified atom stereocenters. The van der Waals surface area contributed by atoms with E-state index in [1.165, 1.54) is 6.07 Å². The molecule has 0 radical (unpaired) electrons. The lowest BCUT2D eigenvalue weighted by Crippen LogP contribution is -2.27. The number of hydroxylamine groups is 1. The quantitative estimate of drug-likeness (QED) is 0.860. The fraction of sp³-hybridized carbons (Fsp3) is 0.250. The van der Waals surface area contributed by atoms with Crippen LogP contribution < -0.4 is 0 Å². The third-order valence-electron chi connectivity index (χ3n) is 1.66. The van der Waals surface area contributed by atoms with E-state index in [2.05, 4.69) is 15.9 Å². The summed E-state index contributed by atoms with van der Waals surface area (Å²) >= 11 is 3.11. The Balaban J connectivity index is 3.24. The molecular weight excluding hydrogens is 270 g/mol. The molecule has 0 saturated carbocycles. The predicted molar refractivity (Wildman–Crippen MR) is 55.5 cm³/mol. The number of hydrogen-bond donors (Lipinski definition) is 1. The van der Waals surface area contributed by atoms with Gasteiger partial charge in [-0.3, -0.25) is 5.21 Å². The molecule has 0 spiro atoms. The largest absolute Gasteiger partial charge is 0.299 e. The number of sulfonamides is 1. The van der Waals surface area contributed by atoms with Gasteiger partial charge < -0.3 is 0 Å². The molecule has 0 aliphatic heterocycles. The number of benzene rings is 1. The van der Waals surface area contributed by atoms with Crippen LogP contribution in [0, 0.1) is 0 Å². The van der Waals surface area contributed by atoms with Crippen LogP contribution in [0.1, 0.15) is 6.92 Å². The van der Waals surface area contributed by atoms with Crippen molar-refractivity contribution >= 4 is 26.0 Å². The molecule has 1 rings (SSSR count). The molecule has 0 aliphatic carbocycles. The average molecular weight is 280 g/mol. The Morgan fingerprint density at radius 2 is 2.00 bits per heavy atom. The molecule has 14 heavy (non-hydrogen) atoms. The van der Waals surface area contributed by atoms with Crippen LogP contribution in [-0.2, 0) is 10.0 Å². The summed E-state index contributed by atoms with van der Waals surface area (Å²) in [6.45, 7) is 1.57. The lowest BCUT2D eigenvalue weighted by atomic mass is 10.4. The minimum absolute atomic E-state index is 0.0175. The molecule has 0 atom stereocenters. The van der Waals surface area contributed by atoms with Crippen molar-refractivity contribution in [1.29, 1.82) is 0 Å². The van der Waals surface area contributed by atoms with Gasteiger partial charge in [-0.25, -0.2) is 8.42 Å². The highest BCUT2D eigenvalue weighted by molar-refractivity contribution is 9.10. The molecule has 0 saturated heterocycles. The fourth-order valence-corrected chi connectivity index (χ4v) is 2.97. The lowest BCUT2D eigenvalue weighted by molar-refractivity contribution is 0.00853. The van der Waals surface area contributed by atoms with E-state index in [9.17, 15) is 13.6 Å². The van der Waals surface area contributed by atoms with Crippen LogP contribution in [0.4, 0.5) is 0 Å². The van der Waals surface area contributed by atoms with Crippen molar-refractivity contribution < 1.29 is 13.6 Å². The SMILES string of the molecule is CCN(O)S(=O)(=O)c1ccccc1Br. The van der Waals surface area contributed by atoms with Gasteiger partial charge in [0.15, 0.2) is 0 Å². The molecule has 0 aromatic heterocycles. The lowest BCUT2D eigenvalue weighted by Gasteiger charge is -2.13. The Morgan fingerprint density at radius 1 is 1.43 bits per heavy atom. The highest BCUT2D eigenvalue weighted by Gasteiger charge is 2.23. The zero-order valence-corrected chi connectivity index (χ0v) is 9.92. The molecular formula is C8H10BrNO3S. The van der Waals surface area contributed by atoms with Gasteiger partial charge in [0.05, 0.1) is 4.90 Å². The highest BCUT2D eigenvalue weighted by Crippen LogP contribution is 2.23. The van der Waals surface area contributed by atoms with E-state index < -0.39 is 10.0 Å². The summed E-state index contributed by atoms with van der Waals surface area (Å²) in [6.07, 6.45) is 0. The van der Waals surface area contributed by atoms with E-state index in [1.807, 2.05) is 0 Å². The van der Waals surface area contributed by atoms with Gasteiger partial charge in [0.1, 0.15) is 0 Å². The Bertz CT molecular complexity index is 418. The number of hydrogen-bond acceptors (Lipinski definition) is 3. The summed E-state index contributed by atoms with van der Waals surface area (Å²) in [4.78, 5) is 0.0596. The standard InChI is InChI=1S/C8H10BrNO3S/c1-2-10(11)14(12,13)8-6-4-3-5-7(8)9/h3-6,11H,2H2,1H3. The molecule has 1 aromatic rings. The maximum Gasteiger partial charge on any atom is 0.265 e. The van der Waals surface area contributed by atoms with Crippen LogP contribution in [0.2, 0.25) is 0 Å². The number of rotatable bonds is 3. The van der Waals surface area contributed by atoms with Gasteiger partial charge in [-0.2, -0.15) is 0 Å². The number of nitrogens with zero attached hydrogens (tertiary/aromatic N) is 1.